The summed E-state index contributed by atoms with van der Waals surface area (Å²) >= 11 is 5.94. The van der Waals surface area contributed by atoms with Crippen molar-refractivity contribution in [2.75, 3.05) is 0 Å². The van der Waals surface area contributed by atoms with Gasteiger partial charge < -0.3 is 5.73 Å². The Morgan fingerprint density at radius 1 is 1.42 bits per heavy atom. The van der Waals surface area contributed by atoms with E-state index in [9.17, 15) is 13.2 Å². The van der Waals surface area contributed by atoms with Gasteiger partial charge in [-0.15, -0.1) is 0 Å². The van der Waals surface area contributed by atoms with Crippen molar-refractivity contribution >= 4 is 17.4 Å². The summed E-state index contributed by atoms with van der Waals surface area (Å²) in [6.45, 7) is 0. The molecule has 0 saturated heterocycles. The summed E-state index contributed by atoms with van der Waals surface area (Å²) in [6.07, 6.45) is -1.79. The van der Waals surface area contributed by atoms with Crippen molar-refractivity contribution < 1.29 is 13.2 Å². The molecule has 0 aliphatic carbocycles. The normalized spacial score (nSPS) is 11.6. The third-order valence-corrected chi connectivity index (χ3v) is 2.66. The number of nitrogens with zero attached hydrogens (tertiary/aromatic N) is 3. The van der Waals surface area contributed by atoms with Crippen molar-refractivity contribution in [3.8, 4) is 5.82 Å². The van der Waals surface area contributed by atoms with Gasteiger partial charge >= 0.3 is 6.18 Å². The van der Waals surface area contributed by atoms with Crippen molar-refractivity contribution in [3.05, 3.63) is 40.8 Å². The van der Waals surface area contributed by atoms with E-state index in [-0.39, 0.29) is 22.2 Å². The Balaban J connectivity index is 2.51. The summed E-state index contributed by atoms with van der Waals surface area (Å²) in [6, 6.07) is 1.39. The Labute approximate surface area is 110 Å². The van der Waals surface area contributed by atoms with Crippen molar-refractivity contribution in [1.29, 1.82) is 5.41 Å². The number of nitrogen functional groups attached to an aromatic ring is 1. The minimum absolute atomic E-state index is 0.0233. The number of nitrogens with one attached hydrogen (secondary N) is 1. The van der Waals surface area contributed by atoms with E-state index in [2.05, 4.69) is 10.1 Å². The number of alkyl halides is 3. The molecule has 3 N–H and O–H groups in total. The first kappa shape index (κ1) is 13.3. The van der Waals surface area contributed by atoms with E-state index in [1.54, 1.807) is 0 Å². The molecule has 5 nitrogen and oxygen atoms in total. The van der Waals surface area contributed by atoms with Crippen molar-refractivity contribution in [3.63, 3.8) is 0 Å². The van der Waals surface area contributed by atoms with Crippen LogP contribution in [0.25, 0.3) is 5.82 Å². The molecule has 0 bridgehead atoms. The second kappa shape index (κ2) is 4.54. The van der Waals surface area contributed by atoms with Crippen LogP contribution in [-0.2, 0) is 6.18 Å². The van der Waals surface area contributed by atoms with E-state index in [1.807, 2.05) is 0 Å². The highest BCUT2D eigenvalue weighted by Gasteiger charge is 2.32. The fraction of sp³-hybridized carbons (Fsp3) is 0.100. The van der Waals surface area contributed by atoms with Crippen LogP contribution >= 0.6 is 11.6 Å². The molecule has 0 fully saturated rings. The zero-order chi connectivity index (χ0) is 14.2. The molecular weight excluding hydrogens is 283 g/mol. The number of rotatable bonds is 2. The lowest BCUT2D eigenvalue weighted by molar-refractivity contribution is -0.137. The molecule has 0 aromatic carbocycles. The first-order valence-electron chi connectivity index (χ1n) is 4.92. The van der Waals surface area contributed by atoms with E-state index in [0.29, 0.717) is 6.20 Å². The molecule has 19 heavy (non-hydrogen) atoms. The van der Waals surface area contributed by atoms with Crippen LogP contribution in [-0.4, -0.2) is 20.6 Å². The number of nitrogens with two attached hydrogens (primary N) is 1. The van der Waals surface area contributed by atoms with Crippen LogP contribution in [0.3, 0.4) is 0 Å². The van der Waals surface area contributed by atoms with E-state index < -0.39 is 11.7 Å². The van der Waals surface area contributed by atoms with Crippen LogP contribution in [0.2, 0.25) is 5.02 Å². The van der Waals surface area contributed by atoms with E-state index >= 15 is 0 Å². The maximum absolute atomic E-state index is 12.5. The summed E-state index contributed by atoms with van der Waals surface area (Å²) in [5.41, 5.74) is 4.56. The van der Waals surface area contributed by atoms with Crippen LogP contribution in [0.5, 0.6) is 0 Å². The molecule has 0 spiro atoms. The van der Waals surface area contributed by atoms with Gasteiger partial charge in [-0.05, 0) is 6.07 Å². The molecule has 0 radical (unpaired) electrons. The molecule has 2 aromatic rings. The maximum Gasteiger partial charge on any atom is 0.419 e. The zero-order valence-electron chi connectivity index (χ0n) is 9.24. The molecule has 0 aliphatic heterocycles. The average molecular weight is 290 g/mol. The highest BCUT2D eigenvalue weighted by Crippen LogP contribution is 2.30. The molecule has 9 heteroatoms. The Morgan fingerprint density at radius 2 is 2.11 bits per heavy atom. The van der Waals surface area contributed by atoms with Gasteiger partial charge in [0.05, 0.1) is 16.8 Å². The first-order chi connectivity index (χ1) is 8.80. The first-order valence-corrected chi connectivity index (χ1v) is 5.29. The minimum Gasteiger partial charge on any atom is -0.384 e. The number of hydrogen-bond acceptors (Lipinski definition) is 3. The van der Waals surface area contributed by atoms with Crippen LogP contribution in [0, 0.1) is 5.41 Å². The van der Waals surface area contributed by atoms with Gasteiger partial charge in [0.2, 0.25) is 0 Å². The number of amidine groups is 1. The number of halogens is 4. The summed E-state index contributed by atoms with van der Waals surface area (Å²) in [5, 5.41) is 10.8. The topological polar surface area (TPSA) is 80.6 Å². The number of hydrogen-bond donors (Lipinski definition) is 2. The Morgan fingerprint density at radius 3 is 2.63 bits per heavy atom. The monoisotopic (exact) mass is 289 g/mol. The Bertz CT molecular complexity index is 634. The summed E-state index contributed by atoms with van der Waals surface area (Å²) in [5.74, 6) is -0.332. The fourth-order valence-corrected chi connectivity index (χ4v) is 1.69. The molecule has 0 saturated carbocycles. The Kier molecular flexibility index (Phi) is 3.19. The third kappa shape index (κ3) is 2.53. The van der Waals surface area contributed by atoms with Crippen LogP contribution in [0.4, 0.5) is 13.2 Å². The molecule has 2 heterocycles. The van der Waals surface area contributed by atoms with Crippen LogP contribution in [0.1, 0.15) is 11.1 Å². The minimum atomic E-state index is -4.50. The van der Waals surface area contributed by atoms with Crippen LogP contribution in [0.15, 0.2) is 24.7 Å². The molecule has 2 rings (SSSR count). The van der Waals surface area contributed by atoms with Gasteiger partial charge in [-0.3, -0.25) is 5.41 Å². The zero-order valence-corrected chi connectivity index (χ0v) is 10.00. The van der Waals surface area contributed by atoms with Gasteiger partial charge in [0, 0.05) is 18.0 Å². The van der Waals surface area contributed by atoms with Crippen molar-refractivity contribution in [1.82, 2.24) is 14.8 Å². The van der Waals surface area contributed by atoms with Gasteiger partial charge in [0.1, 0.15) is 5.84 Å². The van der Waals surface area contributed by atoms with Gasteiger partial charge in [-0.2, -0.15) is 18.3 Å². The lowest BCUT2D eigenvalue weighted by atomic mass is 10.2. The largest absolute Gasteiger partial charge is 0.419 e. The number of aromatic nitrogens is 3. The molecule has 0 amide bonds. The van der Waals surface area contributed by atoms with Gasteiger partial charge in [0.15, 0.2) is 5.82 Å². The van der Waals surface area contributed by atoms with Gasteiger partial charge in [-0.1, -0.05) is 11.6 Å². The smallest absolute Gasteiger partial charge is 0.384 e. The van der Waals surface area contributed by atoms with Crippen molar-refractivity contribution in [2.45, 2.75) is 6.18 Å². The molecule has 100 valence electrons. The summed E-state index contributed by atoms with van der Waals surface area (Å²) in [7, 11) is 0. The standard InChI is InChI=1S/C10H7ClF3N5/c11-7-6(8(15)16)1-2-17-9(7)19-4-5(3-18-19)10(12,13)14/h1-4H,(H3,15,16). The SMILES string of the molecule is N=C(N)c1ccnc(-n2cc(C(F)(F)F)cn2)c1Cl. The van der Waals surface area contributed by atoms with Crippen LogP contribution < -0.4 is 5.73 Å². The molecule has 2 aromatic heterocycles. The third-order valence-electron chi connectivity index (χ3n) is 2.29. The Hall–Kier alpha value is -2.09. The van der Waals surface area contributed by atoms with Gasteiger partial charge in [0.25, 0.3) is 0 Å². The lowest BCUT2D eigenvalue weighted by Gasteiger charge is -2.07. The molecular formula is C10H7ClF3N5. The highest BCUT2D eigenvalue weighted by atomic mass is 35.5. The fourth-order valence-electron chi connectivity index (χ4n) is 1.39. The molecule has 0 atom stereocenters. The highest BCUT2D eigenvalue weighted by molar-refractivity contribution is 6.35. The summed E-state index contributed by atoms with van der Waals surface area (Å²) < 4.78 is 38.3. The maximum atomic E-state index is 12.5. The average Bonchev–Trinajstić information content (AvgIpc) is 2.77. The van der Waals surface area contributed by atoms with Gasteiger partial charge in [-0.25, -0.2) is 9.67 Å². The summed E-state index contributed by atoms with van der Waals surface area (Å²) in [4.78, 5) is 3.84. The second-order valence-corrected chi connectivity index (χ2v) is 3.96. The molecule has 0 aliphatic rings. The van der Waals surface area contributed by atoms with E-state index in [1.165, 1.54) is 12.3 Å². The number of pyridine rings is 1. The predicted molar refractivity (Wildman–Crippen MR) is 62.4 cm³/mol. The van der Waals surface area contributed by atoms with E-state index in [4.69, 9.17) is 22.7 Å². The molecule has 0 unspecified atom stereocenters. The lowest BCUT2D eigenvalue weighted by Crippen LogP contribution is -2.13. The predicted octanol–water partition coefficient (Wildman–Crippen LogP) is 2.22. The van der Waals surface area contributed by atoms with E-state index in [0.717, 1.165) is 10.9 Å². The second-order valence-electron chi connectivity index (χ2n) is 3.58. The quantitative estimate of drug-likeness (QED) is 0.657. The van der Waals surface area contributed by atoms with Crippen molar-refractivity contribution in [2.24, 2.45) is 5.73 Å².